The lowest BCUT2D eigenvalue weighted by atomic mass is 9.84. The molecular weight excluding hydrogens is 348 g/mol. The molecule has 4 saturated heterocycles. The quantitative estimate of drug-likeness (QED) is 0.893. The first kappa shape index (κ1) is 16.5. The predicted molar refractivity (Wildman–Crippen MR) is 103 cm³/mol. The van der Waals surface area contributed by atoms with Crippen LogP contribution in [-0.2, 0) is 4.74 Å². The fourth-order valence-electron chi connectivity index (χ4n) is 4.47. The van der Waals surface area contributed by atoms with E-state index in [4.69, 9.17) is 4.74 Å². The van der Waals surface area contributed by atoms with E-state index in [0.717, 1.165) is 42.9 Å². The van der Waals surface area contributed by atoms with Gasteiger partial charge in [-0.15, -0.1) is 0 Å². The van der Waals surface area contributed by atoms with Crippen molar-refractivity contribution in [1.29, 1.82) is 0 Å². The summed E-state index contributed by atoms with van der Waals surface area (Å²) in [4.78, 5) is 17.6. The fraction of sp³-hybridized carbons (Fsp3) is 0.579. The van der Waals surface area contributed by atoms with Gasteiger partial charge in [-0.3, -0.25) is 4.79 Å². The molecule has 1 amide bonds. The Morgan fingerprint density at radius 2 is 2.00 bits per heavy atom. The Kier molecular flexibility index (Phi) is 4.30. The van der Waals surface area contributed by atoms with Crippen molar-refractivity contribution < 1.29 is 9.53 Å². The van der Waals surface area contributed by atoms with Gasteiger partial charge in [0.15, 0.2) is 0 Å². The van der Waals surface area contributed by atoms with E-state index in [2.05, 4.69) is 37.7 Å². The Balaban J connectivity index is 1.34. The van der Waals surface area contributed by atoms with Crippen LogP contribution in [0.2, 0.25) is 0 Å². The third kappa shape index (κ3) is 2.98. The predicted octanol–water partition coefficient (Wildman–Crippen LogP) is 1.96. The summed E-state index contributed by atoms with van der Waals surface area (Å²) >= 11 is 1.42. The van der Waals surface area contributed by atoms with Crippen molar-refractivity contribution in [3.8, 4) is 0 Å². The highest BCUT2D eigenvalue weighted by atomic mass is 32.1. The largest absolute Gasteiger partial charge is 0.378 e. The highest BCUT2D eigenvalue weighted by molar-refractivity contribution is 7.13. The van der Waals surface area contributed by atoms with Crippen molar-refractivity contribution in [2.75, 3.05) is 50.8 Å². The number of fused-ring (bicyclic) bond motifs is 4. The third-order valence-electron chi connectivity index (χ3n) is 6.02. The summed E-state index contributed by atoms with van der Waals surface area (Å²) in [5, 5.41) is 4.22. The van der Waals surface area contributed by atoms with E-state index in [-0.39, 0.29) is 11.9 Å². The van der Waals surface area contributed by atoms with Crippen molar-refractivity contribution >= 4 is 33.2 Å². The summed E-state index contributed by atoms with van der Waals surface area (Å²) in [5.74, 6) is 0.607. The first-order chi connectivity index (χ1) is 12.8. The number of carbonyl (C=O) groups excluding carboxylic acids is 1. The highest BCUT2D eigenvalue weighted by Gasteiger charge is 2.35. The lowest BCUT2D eigenvalue weighted by Crippen LogP contribution is -2.57. The number of aromatic nitrogens is 1. The van der Waals surface area contributed by atoms with Crippen molar-refractivity contribution in [3.05, 3.63) is 23.9 Å². The molecule has 2 aromatic rings. The smallest absolute Gasteiger partial charge is 0.271 e. The van der Waals surface area contributed by atoms with Crippen LogP contribution in [0.15, 0.2) is 18.2 Å². The van der Waals surface area contributed by atoms with Crippen LogP contribution in [-0.4, -0.2) is 67.2 Å². The van der Waals surface area contributed by atoms with Gasteiger partial charge in [0.2, 0.25) is 0 Å². The fourth-order valence-corrected chi connectivity index (χ4v) is 5.28. The lowest BCUT2D eigenvalue weighted by molar-refractivity contribution is 0.0619. The Morgan fingerprint density at radius 3 is 2.73 bits per heavy atom. The molecule has 4 aliphatic rings. The van der Waals surface area contributed by atoms with Gasteiger partial charge in [0.1, 0.15) is 5.69 Å². The number of rotatable bonds is 3. The first-order valence-corrected chi connectivity index (χ1v) is 10.3. The van der Waals surface area contributed by atoms with Gasteiger partial charge < -0.3 is 19.9 Å². The highest BCUT2D eigenvalue weighted by Crippen LogP contribution is 2.30. The molecule has 1 aromatic heterocycles. The Labute approximate surface area is 157 Å². The number of ether oxygens (including phenoxy) is 1. The number of carbonyl (C=O) groups is 1. The minimum atomic E-state index is -0.0193. The maximum atomic E-state index is 12.8. The van der Waals surface area contributed by atoms with Crippen LogP contribution in [0.3, 0.4) is 0 Å². The average Bonchev–Trinajstić information content (AvgIpc) is 3.13. The summed E-state index contributed by atoms with van der Waals surface area (Å²) in [6, 6.07) is 6.58. The number of nitrogens with one attached hydrogen (secondary N) is 1. The van der Waals surface area contributed by atoms with Gasteiger partial charge in [0.05, 0.1) is 17.9 Å². The number of morpholine rings is 1. The van der Waals surface area contributed by atoms with Crippen molar-refractivity contribution in [2.24, 2.45) is 5.92 Å². The van der Waals surface area contributed by atoms with Gasteiger partial charge in [-0.2, -0.15) is 4.37 Å². The summed E-state index contributed by atoms with van der Waals surface area (Å²) in [6.07, 6.45) is 2.40. The van der Waals surface area contributed by atoms with Gasteiger partial charge in [-0.05, 0) is 61.6 Å². The molecule has 0 radical (unpaired) electrons. The maximum Gasteiger partial charge on any atom is 0.271 e. The molecule has 26 heavy (non-hydrogen) atoms. The number of piperidine rings is 3. The van der Waals surface area contributed by atoms with E-state index >= 15 is 0 Å². The van der Waals surface area contributed by atoms with Crippen molar-refractivity contribution in [2.45, 2.75) is 18.9 Å². The zero-order valence-electron chi connectivity index (χ0n) is 14.8. The molecule has 1 atom stereocenters. The minimum Gasteiger partial charge on any atom is -0.378 e. The van der Waals surface area contributed by atoms with Gasteiger partial charge in [0.25, 0.3) is 5.91 Å². The number of anilines is 1. The molecule has 5 heterocycles. The molecule has 6 nitrogen and oxygen atoms in total. The minimum absolute atomic E-state index is 0.0193. The molecule has 0 saturated carbocycles. The molecular formula is C19H24N4O2S. The molecule has 0 unspecified atom stereocenters. The molecule has 138 valence electrons. The molecule has 2 bridgehead atoms. The molecule has 1 aromatic carbocycles. The van der Waals surface area contributed by atoms with Crippen LogP contribution in [0.5, 0.6) is 0 Å². The van der Waals surface area contributed by atoms with Crippen LogP contribution < -0.4 is 10.2 Å². The van der Waals surface area contributed by atoms with Crippen molar-refractivity contribution in [3.63, 3.8) is 0 Å². The van der Waals surface area contributed by atoms with Gasteiger partial charge in [0, 0.05) is 36.7 Å². The molecule has 4 fully saturated rings. The van der Waals surface area contributed by atoms with Crippen LogP contribution in [0.25, 0.3) is 10.1 Å². The maximum absolute atomic E-state index is 12.8. The lowest BCUT2D eigenvalue weighted by Gasteiger charge is -2.44. The SMILES string of the molecule is O=C(N[C@H]1CN2CCC1CC2)c1nsc2cc(N3CCOCC3)ccc12. The van der Waals surface area contributed by atoms with E-state index in [1.807, 2.05) is 0 Å². The van der Waals surface area contributed by atoms with E-state index in [9.17, 15) is 4.79 Å². The average molecular weight is 372 g/mol. The molecule has 0 spiro atoms. The number of amides is 1. The normalized spacial score (nSPS) is 28.5. The van der Waals surface area contributed by atoms with Crippen LogP contribution >= 0.6 is 11.5 Å². The van der Waals surface area contributed by atoms with Gasteiger partial charge >= 0.3 is 0 Å². The van der Waals surface area contributed by atoms with Gasteiger partial charge in [-0.1, -0.05) is 0 Å². The first-order valence-electron chi connectivity index (χ1n) is 9.53. The standard InChI is InChI=1S/C19H24N4O2S/c24-19(20-16-12-22-5-3-13(16)4-6-22)18-15-2-1-14(11-17(15)26-21-18)23-7-9-25-10-8-23/h1-2,11,13,16H,3-10,12H2,(H,20,24)/t16-/m0/s1. The van der Waals surface area contributed by atoms with E-state index < -0.39 is 0 Å². The van der Waals surface area contributed by atoms with E-state index in [1.165, 1.54) is 43.2 Å². The van der Waals surface area contributed by atoms with Crippen molar-refractivity contribution in [1.82, 2.24) is 14.6 Å². The second-order valence-corrected chi connectivity index (χ2v) is 8.33. The number of hydrogen-bond acceptors (Lipinski definition) is 6. The van der Waals surface area contributed by atoms with Crippen LogP contribution in [0.1, 0.15) is 23.3 Å². The third-order valence-corrected chi connectivity index (χ3v) is 6.83. The summed E-state index contributed by atoms with van der Waals surface area (Å²) in [7, 11) is 0. The number of hydrogen-bond donors (Lipinski definition) is 1. The molecule has 1 N–H and O–H groups in total. The Bertz CT molecular complexity index is 809. The Hall–Kier alpha value is -1.70. The second-order valence-electron chi connectivity index (χ2n) is 7.53. The molecule has 7 heteroatoms. The van der Waals surface area contributed by atoms with Crippen LogP contribution in [0.4, 0.5) is 5.69 Å². The summed E-state index contributed by atoms with van der Waals surface area (Å²) in [6.45, 7) is 6.72. The zero-order valence-corrected chi connectivity index (χ0v) is 15.6. The molecule has 6 rings (SSSR count). The second kappa shape index (κ2) is 6.79. The van der Waals surface area contributed by atoms with Gasteiger partial charge in [-0.25, -0.2) is 0 Å². The molecule has 0 aliphatic carbocycles. The summed E-state index contributed by atoms with van der Waals surface area (Å²) in [5.41, 5.74) is 1.77. The molecule has 4 aliphatic heterocycles. The number of nitrogens with zero attached hydrogens (tertiary/aromatic N) is 3. The number of benzene rings is 1. The Morgan fingerprint density at radius 1 is 1.19 bits per heavy atom. The topological polar surface area (TPSA) is 57.7 Å². The van der Waals surface area contributed by atoms with Crippen LogP contribution in [0, 0.1) is 5.92 Å². The summed E-state index contributed by atoms with van der Waals surface area (Å²) < 4.78 is 11.0. The van der Waals surface area contributed by atoms with E-state index in [1.54, 1.807) is 0 Å². The van der Waals surface area contributed by atoms with E-state index in [0.29, 0.717) is 11.6 Å². The monoisotopic (exact) mass is 372 g/mol. The zero-order chi connectivity index (χ0) is 17.5.